The van der Waals surface area contributed by atoms with Gasteiger partial charge in [-0.3, -0.25) is 0 Å². The third-order valence-corrected chi connectivity index (χ3v) is 3.29. The smallest absolute Gasteiger partial charge is 0.486 e. The van der Waals surface area contributed by atoms with E-state index in [1.54, 1.807) is 0 Å². The van der Waals surface area contributed by atoms with Crippen LogP contribution in [0.25, 0.3) is 0 Å². The highest BCUT2D eigenvalue weighted by molar-refractivity contribution is 6.58. The third-order valence-electron chi connectivity index (χ3n) is 3.29. The normalized spacial score (nSPS) is 10.8. The standard InChI is InChI=1S/C16H18BFO3/c1-11(2)13-5-3-12(4-6-13)10-21-16-9-14(17(19)20)7-8-15(16)18/h3-9,11,19-20H,10H2,1-2H3. The van der Waals surface area contributed by atoms with Crippen LogP contribution in [0.1, 0.15) is 30.9 Å². The molecule has 2 aromatic carbocycles. The zero-order valence-electron chi connectivity index (χ0n) is 12.1. The Hall–Kier alpha value is -1.85. The highest BCUT2D eigenvalue weighted by atomic mass is 19.1. The number of rotatable bonds is 5. The molecule has 0 unspecified atom stereocenters. The van der Waals surface area contributed by atoms with Gasteiger partial charge in [0.2, 0.25) is 0 Å². The summed E-state index contributed by atoms with van der Waals surface area (Å²) >= 11 is 0. The van der Waals surface area contributed by atoms with E-state index < -0.39 is 12.9 Å². The third kappa shape index (κ3) is 4.06. The van der Waals surface area contributed by atoms with Gasteiger partial charge in [0.05, 0.1) is 0 Å². The minimum absolute atomic E-state index is 0.00790. The molecule has 2 aromatic rings. The lowest BCUT2D eigenvalue weighted by molar-refractivity contribution is 0.290. The lowest BCUT2D eigenvalue weighted by atomic mass is 9.80. The monoisotopic (exact) mass is 288 g/mol. The minimum atomic E-state index is -1.64. The van der Waals surface area contributed by atoms with Crippen LogP contribution in [0, 0.1) is 5.82 Å². The molecule has 0 aliphatic heterocycles. The highest BCUT2D eigenvalue weighted by Crippen LogP contribution is 2.18. The second kappa shape index (κ2) is 6.74. The van der Waals surface area contributed by atoms with Gasteiger partial charge in [-0.25, -0.2) is 4.39 Å². The van der Waals surface area contributed by atoms with E-state index >= 15 is 0 Å². The summed E-state index contributed by atoms with van der Waals surface area (Å²) < 4.78 is 19.0. The van der Waals surface area contributed by atoms with Crippen molar-refractivity contribution >= 4 is 12.6 Å². The molecule has 3 nitrogen and oxygen atoms in total. The van der Waals surface area contributed by atoms with Crippen LogP contribution in [0.2, 0.25) is 0 Å². The predicted octanol–water partition coefficient (Wildman–Crippen LogP) is 2.21. The minimum Gasteiger partial charge on any atom is -0.486 e. The number of hydrogen-bond donors (Lipinski definition) is 2. The summed E-state index contributed by atoms with van der Waals surface area (Å²) in [5, 5.41) is 18.2. The fourth-order valence-electron chi connectivity index (χ4n) is 1.95. The zero-order valence-corrected chi connectivity index (χ0v) is 12.1. The number of benzene rings is 2. The molecule has 2 N–H and O–H groups in total. The summed E-state index contributed by atoms with van der Waals surface area (Å²) in [6.07, 6.45) is 0. The molecule has 0 aromatic heterocycles. The Kier molecular flexibility index (Phi) is 4.99. The first-order valence-corrected chi connectivity index (χ1v) is 6.84. The van der Waals surface area contributed by atoms with Crippen molar-refractivity contribution in [3.05, 3.63) is 59.4 Å². The maximum Gasteiger partial charge on any atom is 0.488 e. The number of halogens is 1. The lowest BCUT2D eigenvalue weighted by Gasteiger charge is -2.10. The predicted molar refractivity (Wildman–Crippen MR) is 81.1 cm³/mol. The molecule has 0 fully saturated rings. The van der Waals surface area contributed by atoms with E-state index in [4.69, 9.17) is 14.8 Å². The van der Waals surface area contributed by atoms with Crippen molar-refractivity contribution in [3.63, 3.8) is 0 Å². The van der Waals surface area contributed by atoms with E-state index in [0.717, 1.165) is 11.6 Å². The summed E-state index contributed by atoms with van der Waals surface area (Å²) in [5.41, 5.74) is 2.35. The Labute approximate surface area is 124 Å². The molecule has 110 valence electrons. The molecular formula is C16H18BFO3. The molecule has 0 saturated heterocycles. The van der Waals surface area contributed by atoms with E-state index in [1.807, 2.05) is 24.3 Å². The van der Waals surface area contributed by atoms with Crippen molar-refractivity contribution in [2.24, 2.45) is 0 Å². The first kappa shape index (κ1) is 15.5. The van der Waals surface area contributed by atoms with E-state index in [0.29, 0.717) is 5.92 Å². The van der Waals surface area contributed by atoms with Crippen molar-refractivity contribution in [1.82, 2.24) is 0 Å². The molecule has 0 atom stereocenters. The number of ether oxygens (including phenoxy) is 1. The lowest BCUT2D eigenvalue weighted by Crippen LogP contribution is -2.29. The van der Waals surface area contributed by atoms with Gasteiger partial charge in [-0.15, -0.1) is 0 Å². The summed E-state index contributed by atoms with van der Waals surface area (Å²) in [5.74, 6) is -0.0631. The van der Waals surface area contributed by atoms with Gasteiger partial charge < -0.3 is 14.8 Å². The van der Waals surface area contributed by atoms with Gasteiger partial charge in [-0.05, 0) is 34.6 Å². The van der Waals surface area contributed by atoms with Crippen LogP contribution in [0.4, 0.5) is 4.39 Å². The van der Waals surface area contributed by atoms with Crippen LogP contribution in [0.3, 0.4) is 0 Å². The molecule has 0 bridgehead atoms. The summed E-state index contributed by atoms with van der Waals surface area (Å²) in [6, 6.07) is 11.7. The number of hydrogen-bond acceptors (Lipinski definition) is 3. The Balaban J connectivity index is 2.07. The van der Waals surface area contributed by atoms with Gasteiger partial charge in [0.15, 0.2) is 11.6 Å². The largest absolute Gasteiger partial charge is 0.488 e. The second-order valence-corrected chi connectivity index (χ2v) is 5.25. The average Bonchev–Trinajstić information content (AvgIpc) is 2.46. The van der Waals surface area contributed by atoms with E-state index in [-0.39, 0.29) is 17.8 Å². The van der Waals surface area contributed by atoms with Gasteiger partial charge >= 0.3 is 7.12 Å². The van der Waals surface area contributed by atoms with Crippen LogP contribution in [-0.4, -0.2) is 17.2 Å². The molecule has 5 heteroatoms. The maximum atomic E-state index is 13.6. The van der Waals surface area contributed by atoms with Crippen molar-refractivity contribution in [3.8, 4) is 5.75 Å². The highest BCUT2D eigenvalue weighted by Gasteiger charge is 2.14. The van der Waals surface area contributed by atoms with E-state index in [2.05, 4.69) is 13.8 Å². The first-order valence-electron chi connectivity index (χ1n) is 6.84. The van der Waals surface area contributed by atoms with E-state index in [1.165, 1.54) is 17.7 Å². The molecule has 0 spiro atoms. The van der Waals surface area contributed by atoms with Crippen LogP contribution >= 0.6 is 0 Å². The van der Waals surface area contributed by atoms with Crippen molar-refractivity contribution in [2.75, 3.05) is 0 Å². The van der Waals surface area contributed by atoms with Crippen LogP contribution in [0.15, 0.2) is 42.5 Å². The molecule has 2 rings (SSSR count). The maximum absolute atomic E-state index is 13.6. The molecule has 0 aliphatic rings. The average molecular weight is 288 g/mol. The topological polar surface area (TPSA) is 49.7 Å². The Morgan fingerprint density at radius 2 is 1.76 bits per heavy atom. The fourth-order valence-corrected chi connectivity index (χ4v) is 1.95. The van der Waals surface area contributed by atoms with E-state index in [9.17, 15) is 4.39 Å². The SMILES string of the molecule is CC(C)c1ccc(COc2cc(B(O)O)ccc2F)cc1. The molecule has 0 saturated carbocycles. The summed E-state index contributed by atoms with van der Waals surface area (Å²) in [6.45, 7) is 4.46. The molecule has 0 aliphatic carbocycles. The van der Waals surface area contributed by atoms with Gasteiger partial charge in [-0.2, -0.15) is 0 Å². The second-order valence-electron chi connectivity index (χ2n) is 5.25. The quantitative estimate of drug-likeness (QED) is 0.829. The summed E-state index contributed by atoms with van der Waals surface area (Å²) in [7, 11) is -1.64. The Bertz CT molecular complexity index is 597. The molecule has 0 amide bonds. The first-order chi connectivity index (χ1) is 9.97. The van der Waals surface area contributed by atoms with Crippen LogP contribution in [0.5, 0.6) is 5.75 Å². The fraction of sp³-hybridized carbons (Fsp3) is 0.250. The molecule has 0 radical (unpaired) electrons. The molecule has 0 heterocycles. The van der Waals surface area contributed by atoms with Gasteiger partial charge in [-0.1, -0.05) is 44.2 Å². The van der Waals surface area contributed by atoms with Gasteiger partial charge in [0, 0.05) is 0 Å². The summed E-state index contributed by atoms with van der Waals surface area (Å²) in [4.78, 5) is 0. The van der Waals surface area contributed by atoms with Crippen molar-refractivity contribution < 1.29 is 19.2 Å². The molecule has 21 heavy (non-hydrogen) atoms. The van der Waals surface area contributed by atoms with Gasteiger partial charge in [0.1, 0.15) is 6.61 Å². The van der Waals surface area contributed by atoms with Gasteiger partial charge in [0.25, 0.3) is 0 Å². The van der Waals surface area contributed by atoms with Crippen molar-refractivity contribution in [1.29, 1.82) is 0 Å². The van der Waals surface area contributed by atoms with Crippen LogP contribution < -0.4 is 10.2 Å². The Morgan fingerprint density at radius 3 is 2.33 bits per heavy atom. The van der Waals surface area contributed by atoms with Crippen LogP contribution in [-0.2, 0) is 6.61 Å². The van der Waals surface area contributed by atoms with Crippen molar-refractivity contribution in [2.45, 2.75) is 26.4 Å². The Morgan fingerprint density at radius 1 is 1.10 bits per heavy atom. The molecular weight excluding hydrogens is 270 g/mol. The zero-order chi connectivity index (χ0) is 15.4.